The average Bonchev–Trinajstić information content (AvgIpc) is 2.04. The third-order valence-corrected chi connectivity index (χ3v) is 1.65. The molecule has 66 valence electrons. The number of benzene rings is 1. The summed E-state index contributed by atoms with van der Waals surface area (Å²) in [6.45, 7) is 1.84. The molecule has 0 saturated carbocycles. The second-order valence-electron chi connectivity index (χ2n) is 2.31. The fourth-order valence-electron chi connectivity index (χ4n) is 0.903. The van der Waals surface area contributed by atoms with Crippen LogP contribution >= 0.6 is 12.0 Å². The van der Waals surface area contributed by atoms with Crippen molar-refractivity contribution in [2.45, 2.75) is 6.92 Å². The summed E-state index contributed by atoms with van der Waals surface area (Å²) in [5, 5.41) is 0. The van der Waals surface area contributed by atoms with Gasteiger partial charge in [-0.05, 0) is 24.6 Å². The van der Waals surface area contributed by atoms with Crippen molar-refractivity contribution in [3.63, 3.8) is 0 Å². The summed E-state index contributed by atoms with van der Waals surface area (Å²) in [6, 6.07) is 4.88. The van der Waals surface area contributed by atoms with Crippen LogP contribution in [0.2, 0.25) is 0 Å². The lowest BCUT2D eigenvalue weighted by atomic mass is 10.2. The van der Waals surface area contributed by atoms with Gasteiger partial charge >= 0.3 is 0 Å². The molecular weight excluding hydrogens is 179 g/mol. The molecule has 0 unspecified atom stereocenters. The Morgan fingerprint density at radius 3 is 2.50 bits per heavy atom. The highest BCUT2D eigenvalue weighted by Gasteiger charge is 2.00. The van der Waals surface area contributed by atoms with Crippen LogP contribution in [-0.2, 0) is 0 Å². The van der Waals surface area contributed by atoms with Gasteiger partial charge in [0.1, 0.15) is 5.75 Å². The first-order chi connectivity index (χ1) is 5.76. The van der Waals surface area contributed by atoms with Gasteiger partial charge in [-0.15, -0.1) is 0 Å². The van der Waals surface area contributed by atoms with Gasteiger partial charge in [-0.3, -0.25) is 4.94 Å². The lowest BCUT2D eigenvalue weighted by Gasteiger charge is -2.02. The molecule has 0 aliphatic carbocycles. The van der Waals surface area contributed by atoms with Crippen molar-refractivity contribution in [2.75, 3.05) is 6.26 Å². The minimum atomic E-state index is 0.166. The predicted molar refractivity (Wildman–Crippen MR) is 47.1 cm³/mol. The van der Waals surface area contributed by atoms with Crippen LogP contribution < -0.4 is 9.12 Å². The molecule has 12 heavy (non-hydrogen) atoms. The fourth-order valence-corrected chi connectivity index (χ4v) is 1.19. The summed E-state index contributed by atoms with van der Waals surface area (Å²) in [4.78, 5) is 3.59. The Balaban J connectivity index is 2.90. The molecule has 0 N–H and O–H groups in total. The van der Waals surface area contributed by atoms with Gasteiger partial charge in [0.25, 0.3) is 0 Å². The third kappa shape index (κ3) is 2.30. The topological polar surface area (TPSA) is 18.5 Å². The Kier molecular flexibility index (Phi) is 3.22. The molecular formula is C8H9FO2S. The van der Waals surface area contributed by atoms with E-state index in [0.29, 0.717) is 5.75 Å². The molecule has 0 spiro atoms. The highest BCUT2D eigenvalue weighted by atomic mass is 32.2. The summed E-state index contributed by atoms with van der Waals surface area (Å²) < 4.78 is 16.9. The fraction of sp³-hybridized carbons (Fsp3) is 0.250. The van der Waals surface area contributed by atoms with Crippen molar-refractivity contribution in [3.05, 3.63) is 23.8 Å². The van der Waals surface area contributed by atoms with E-state index in [0.717, 1.165) is 5.56 Å². The molecule has 1 aromatic carbocycles. The van der Waals surface area contributed by atoms with Crippen molar-refractivity contribution >= 4 is 12.0 Å². The molecule has 0 aromatic heterocycles. The van der Waals surface area contributed by atoms with E-state index in [9.17, 15) is 4.53 Å². The van der Waals surface area contributed by atoms with Gasteiger partial charge in [0, 0.05) is 16.8 Å². The van der Waals surface area contributed by atoms with E-state index >= 15 is 0 Å². The van der Waals surface area contributed by atoms with Crippen LogP contribution in [0, 0.1) is 6.92 Å². The van der Waals surface area contributed by atoms with Crippen molar-refractivity contribution in [2.24, 2.45) is 0 Å². The SMILES string of the molecule is CSOc1cc(C)cc(OF)c1. The lowest BCUT2D eigenvalue weighted by Crippen LogP contribution is -1.83. The Labute approximate surface area is 74.8 Å². The highest BCUT2D eigenvalue weighted by Crippen LogP contribution is 2.24. The molecule has 0 radical (unpaired) electrons. The summed E-state index contributed by atoms with van der Waals surface area (Å²) in [5.41, 5.74) is 0.897. The molecule has 0 aliphatic heterocycles. The Morgan fingerprint density at radius 2 is 1.92 bits per heavy atom. The maximum atomic E-state index is 11.8. The number of halogens is 1. The Morgan fingerprint density at radius 1 is 1.25 bits per heavy atom. The lowest BCUT2D eigenvalue weighted by molar-refractivity contribution is -0.00638. The van der Waals surface area contributed by atoms with Gasteiger partial charge in [-0.1, -0.05) is 0 Å². The van der Waals surface area contributed by atoms with E-state index in [4.69, 9.17) is 4.18 Å². The number of aryl methyl sites for hydroxylation is 1. The van der Waals surface area contributed by atoms with Gasteiger partial charge in [0.2, 0.25) is 0 Å². The van der Waals surface area contributed by atoms with Gasteiger partial charge in [0.05, 0.1) is 12.0 Å². The number of rotatable bonds is 3. The number of hydrogen-bond acceptors (Lipinski definition) is 3. The van der Waals surface area contributed by atoms with Crippen LogP contribution in [-0.4, -0.2) is 6.26 Å². The van der Waals surface area contributed by atoms with Crippen LogP contribution in [0.4, 0.5) is 4.53 Å². The smallest absolute Gasteiger partial charge is 0.175 e. The molecule has 0 atom stereocenters. The van der Waals surface area contributed by atoms with Gasteiger partial charge < -0.3 is 4.18 Å². The van der Waals surface area contributed by atoms with Gasteiger partial charge in [-0.2, -0.15) is 0 Å². The van der Waals surface area contributed by atoms with E-state index in [1.165, 1.54) is 18.1 Å². The maximum Gasteiger partial charge on any atom is 0.175 e. The minimum absolute atomic E-state index is 0.166. The largest absolute Gasteiger partial charge is 0.426 e. The van der Waals surface area contributed by atoms with Crippen LogP contribution in [0.3, 0.4) is 0 Å². The minimum Gasteiger partial charge on any atom is -0.426 e. The zero-order chi connectivity index (χ0) is 8.97. The summed E-state index contributed by atoms with van der Waals surface area (Å²) >= 11 is 1.20. The quantitative estimate of drug-likeness (QED) is 0.679. The second kappa shape index (κ2) is 4.21. The van der Waals surface area contributed by atoms with Crippen molar-refractivity contribution in [1.82, 2.24) is 0 Å². The van der Waals surface area contributed by atoms with Crippen LogP contribution in [0.5, 0.6) is 11.5 Å². The van der Waals surface area contributed by atoms with E-state index in [1.54, 1.807) is 18.4 Å². The zero-order valence-corrected chi connectivity index (χ0v) is 7.65. The van der Waals surface area contributed by atoms with Crippen LogP contribution in [0.25, 0.3) is 0 Å². The standard InChI is InChI=1S/C8H9FO2S/c1-6-3-7(10-9)5-8(4-6)11-12-2/h3-5H,1-2H3. The molecule has 2 nitrogen and oxygen atoms in total. The summed E-state index contributed by atoms with van der Waals surface area (Å²) in [5.74, 6) is 0.759. The van der Waals surface area contributed by atoms with Crippen LogP contribution in [0.1, 0.15) is 5.56 Å². The Bertz CT molecular complexity index is 265. The predicted octanol–water partition coefficient (Wildman–Crippen LogP) is 2.92. The van der Waals surface area contributed by atoms with Crippen LogP contribution in [0.15, 0.2) is 18.2 Å². The maximum absolute atomic E-state index is 11.8. The van der Waals surface area contributed by atoms with Crippen molar-refractivity contribution in [3.8, 4) is 11.5 Å². The first-order valence-electron chi connectivity index (χ1n) is 3.37. The monoisotopic (exact) mass is 188 g/mol. The summed E-state index contributed by atoms with van der Waals surface area (Å²) in [7, 11) is 0. The molecule has 0 aliphatic rings. The summed E-state index contributed by atoms with van der Waals surface area (Å²) in [6.07, 6.45) is 1.79. The molecule has 4 heteroatoms. The highest BCUT2D eigenvalue weighted by molar-refractivity contribution is 7.94. The van der Waals surface area contributed by atoms with Crippen molar-refractivity contribution < 1.29 is 13.7 Å². The zero-order valence-electron chi connectivity index (χ0n) is 6.83. The molecule has 0 bridgehead atoms. The molecule has 0 amide bonds. The molecule has 0 saturated heterocycles. The van der Waals surface area contributed by atoms with E-state index < -0.39 is 0 Å². The molecule has 0 fully saturated rings. The molecule has 1 rings (SSSR count). The van der Waals surface area contributed by atoms with E-state index in [1.807, 2.05) is 6.92 Å². The van der Waals surface area contributed by atoms with Gasteiger partial charge in [-0.25, -0.2) is 0 Å². The molecule has 0 heterocycles. The second-order valence-corrected chi connectivity index (χ2v) is 2.81. The Hall–Kier alpha value is -0.900. The average molecular weight is 188 g/mol. The normalized spacial score (nSPS) is 9.58. The third-order valence-electron chi connectivity index (χ3n) is 1.29. The first kappa shape index (κ1) is 9.19. The first-order valence-corrected chi connectivity index (χ1v) is 4.52. The number of hydrogen-bond donors (Lipinski definition) is 0. The van der Waals surface area contributed by atoms with E-state index in [-0.39, 0.29) is 5.75 Å². The molecule has 1 aromatic rings. The van der Waals surface area contributed by atoms with Crippen molar-refractivity contribution in [1.29, 1.82) is 0 Å². The van der Waals surface area contributed by atoms with Gasteiger partial charge in [0.15, 0.2) is 5.75 Å². The van der Waals surface area contributed by atoms with E-state index in [2.05, 4.69) is 4.94 Å².